The molecule has 0 bridgehead atoms. The fraction of sp³-hybridized carbons (Fsp3) is 0.278. The summed E-state index contributed by atoms with van der Waals surface area (Å²) in [6.07, 6.45) is 2.58. The molecule has 3 rings (SSSR count). The number of methoxy groups -OCH3 is 1. The Hall–Kier alpha value is -1.42. The highest BCUT2D eigenvalue weighted by atomic mass is 79.9. The van der Waals surface area contributed by atoms with Crippen molar-refractivity contribution in [1.29, 1.82) is 0 Å². The van der Waals surface area contributed by atoms with Gasteiger partial charge in [-0.05, 0) is 45.2 Å². The Labute approximate surface area is 180 Å². The maximum Gasteiger partial charge on any atom is 0.201 e. The number of rotatable bonds is 9. The molecule has 2 heterocycles. The van der Waals surface area contributed by atoms with Crippen LogP contribution in [0.5, 0.6) is 5.75 Å². The highest BCUT2D eigenvalue weighted by Crippen LogP contribution is 2.22. The number of hydrogen-bond donors (Lipinski definition) is 2. The van der Waals surface area contributed by atoms with Gasteiger partial charge in [-0.3, -0.25) is 0 Å². The Morgan fingerprint density at radius 1 is 1.33 bits per heavy atom. The van der Waals surface area contributed by atoms with E-state index in [1.807, 2.05) is 47.6 Å². The molecule has 2 N–H and O–H groups in total. The molecule has 2 aromatic heterocycles. The molecule has 0 radical (unpaired) electrons. The van der Waals surface area contributed by atoms with E-state index in [1.165, 1.54) is 17.1 Å². The van der Waals surface area contributed by atoms with Crippen molar-refractivity contribution in [2.45, 2.75) is 12.2 Å². The van der Waals surface area contributed by atoms with Crippen LogP contribution in [-0.4, -0.2) is 33.7 Å². The average Bonchev–Trinajstić information content (AvgIpc) is 3.09. The summed E-state index contributed by atoms with van der Waals surface area (Å²) in [6.45, 7) is 0.808. The maximum absolute atomic E-state index is 5.48. The monoisotopic (exact) mass is 482 g/mol. The zero-order valence-electron chi connectivity index (χ0n) is 14.7. The summed E-state index contributed by atoms with van der Waals surface area (Å²) in [7, 11) is 1.66. The number of hydrogen-bond acceptors (Lipinski definition) is 7. The second-order valence-electron chi connectivity index (χ2n) is 5.70. The minimum atomic E-state index is 0.703. The highest BCUT2D eigenvalue weighted by Gasteiger charge is 2.04. The minimum Gasteiger partial charge on any atom is -0.497 e. The minimum absolute atomic E-state index is 0.703. The van der Waals surface area contributed by atoms with Crippen molar-refractivity contribution in [3.63, 3.8) is 0 Å². The zero-order valence-corrected chi connectivity index (χ0v) is 18.7. The van der Waals surface area contributed by atoms with Crippen LogP contribution >= 0.6 is 51.4 Å². The van der Waals surface area contributed by atoms with Gasteiger partial charge in [-0.2, -0.15) is 16.1 Å². The van der Waals surface area contributed by atoms with Crippen molar-refractivity contribution in [3.8, 4) is 5.75 Å². The average molecular weight is 483 g/mol. The predicted octanol–water partition coefficient (Wildman–Crippen LogP) is 5.30. The predicted molar refractivity (Wildman–Crippen MR) is 120 cm³/mol. The number of aromatic amines is 1. The normalized spacial score (nSPS) is 10.7. The lowest BCUT2D eigenvalue weighted by Gasteiger charge is -2.08. The third kappa shape index (κ3) is 6.03. The number of nitrogens with one attached hydrogen (secondary N) is 2. The standard InChI is InChI=1S/C18H19BrN4OS3/c1-24-14-4-2-12(3-5-14)8-13-9-21-18(22-17(13)25)20-6-7-26-11-16-15(19)10-27-23-16/h2-5,9-10H,6-8,11H2,1H3,(H2,20,21,22,25). The van der Waals surface area contributed by atoms with Crippen LogP contribution < -0.4 is 10.1 Å². The van der Waals surface area contributed by atoms with Gasteiger partial charge in [-0.15, -0.1) is 0 Å². The molecule has 0 aliphatic rings. The molecule has 5 nitrogen and oxygen atoms in total. The first-order valence-electron chi connectivity index (χ1n) is 8.27. The van der Waals surface area contributed by atoms with Crippen molar-refractivity contribution >= 4 is 57.4 Å². The van der Waals surface area contributed by atoms with Crippen molar-refractivity contribution in [2.24, 2.45) is 0 Å². The fourth-order valence-electron chi connectivity index (χ4n) is 2.35. The molecule has 0 aliphatic carbocycles. The second-order valence-corrected chi connectivity index (χ2v) is 8.70. The number of anilines is 1. The summed E-state index contributed by atoms with van der Waals surface area (Å²) < 4.78 is 11.3. The maximum atomic E-state index is 5.48. The number of aromatic nitrogens is 3. The molecule has 0 unspecified atom stereocenters. The lowest BCUT2D eigenvalue weighted by molar-refractivity contribution is 0.414. The zero-order chi connectivity index (χ0) is 19.1. The van der Waals surface area contributed by atoms with Crippen molar-refractivity contribution in [3.05, 3.63) is 61.8 Å². The van der Waals surface area contributed by atoms with Crippen LogP contribution in [0.2, 0.25) is 0 Å². The van der Waals surface area contributed by atoms with Crippen LogP contribution in [0.25, 0.3) is 0 Å². The van der Waals surface area contributed by atoms with E-state index >= 15 is 0 Å². The molecule has 0 saturated heterocycles. The van der Waals surface area contributed by atoms with Gasteiger partial charge in [-0.25, -0.2) is 4.98 Å². The van der Waals surface area contributed by atoms with Crippen LogP contribution in [0.3, 0.4) is 0 Å². The molecule has 1 aromatic carbocycles. The Morgan fingerprint density at radius 3 is 2.81 bits per heavy atom. The first-order chi connectivity index (χ1) is 13.2. The summed E-state index contributed by atoms with van der Waals surface area (Å²) >= 11 is 12.3. The Morgan fingerprint density at radius 2 is 2.15 bits per heavy atom. The van der Waals surface area contributed by atoms with E-state index in [1.54, 1.807) is 7.11 Å². The number of benzene rings is 1. The highest BCUT2D eigenvalue weighted by molar-refractivity contribution is 9.10. The molecule has 0 saturated carbocycles. The molecule has 9 heteroatoms. The SMILES string of the molecule is COc1ccc(Cc2cnc(NCCSCc3nscc3Br)[nH]c2=S)cc1. The molecule has 0 spiro atoms. The van der Waals surface area contributed by atoms with Gasteiger partial charge in [0.15, 0.2) is 0 Å². The van der Waals surface area contributed by atoms with Gasteiger partial charge in [0.05, 0.1) is 17.3 Å². The fourth-order valence-corrected chi connectivity index (χ4v) is 4.82. The summed E-state index contributed by atoms with van der Waals surface area (Å²) in [6, 6.07) is 7.98. The number of thioether (sulfide) groups is 1. The lowest BCUT2D eigenvalue weighted by atomic mass is 10.1. The van der Waals surface area contributed by atoms with Gasteiger partial charge >= 0.3 is 0 Å². The third-order valence-corrected chi connectivity index (χ3v) is 6.79. The number of H-pyrrole nitrogens is 1. The van der Waals surface area contributed by atoms with Gasteiger partial charge in [0.2, 0.25) is 5.95 Å². The van der Waals surface area contributed by atoms with Crippen LogP contribution in [0.1, 0.15) is 16.8 Å². The van der Waals surface area contributed by atoms with Crippen LogP contribution in [0.4, 0.5) is 5.95 Å². The van der Waals surface area contributed by atoms with Gasteiger partial charge in [0.1, 0.15) is 10.4 Å². The van der Waals surface area contributed by atoms with Crippen LogP contribution in [-0.2, 0) is 12.2 Å². The number of ether oxygens (including phenoxy) is 1. The lowest BCUT2D eigenvalue weighted by Crippen LogP contribution is -2.08. The van der Waals surface area contributed by atoms with E-state index in [-0.39, 0.29) is 0 Å². The first-order valence-corrected chi connectivity index (χ1v) is 11.5. The van der Waals surface area contributed by atoms with E-state index in [4.69, 9.17) is 17.0 Å². The number of halogens is 1. The molecular weight excluding hydrogens is 464 g/mol. The van der Waals surface area contributed by atoms with Gasteiger partial charge < -0.3 is 15.0 Å². The van der Waals surface area contributed by atoms with E-state index in [9.17, 15) is 0 Å². The van der Waals surface area contributed by atoms with Crippen molar-refractivity contribution in [1.82, 2.24) is 14.3 Å². The smallest absolute Gasteiger partial charge is 0.201 e. The first kappa shape index (κ1) is 20.3. The Kier molecular flexibility index (Phi) is 7.69. The van der Waals surface area contributed by atoms with Crippen molar-refractivity contribution in [2.75, 3.05) is 24.7 Å². The summed E-state index contributed by atoms with van der Waals surface area (Å²) in [5, 5.41) is 5.29. The molecule has 0 amide bonds. The Balaban J connectivity index is 1.47. The second kappa shape index (κ2) is 10.2. The summed E-state index contributed by atoms with van der Waals surface area (Å²) in [5.74, 6) is 3.41. The van der Waals surface area contributed by atoms with E-state index in [0.717, 1.165) is 46.0 Å². The molecule has 27 heavy (non-hydrogen) atoms. The van der Waals surface area contributed by atoms with Gasteiger partial charge in [0.25, 0.3) is 0 Å². The quantitative estimate of drug-likeness (QED) is 0.318. The molecule has 0 fully saturated rings. The van der Waals surface area contributed by atoms with Gasteiger partial charge in [-0.1, -0.05) is 24.4 Å². The molecule has 142 valence electrons. The van der Waals surface area contributed by atoms with E-state index in [0.29, 0.717) is 10.6 Å². The third-order valence-electron chi connectivity index (χ3n) is 3.80. The van der Waals surface area contributed by atoms with Crippen LogP contribution in [0.15, 0.2) is 40.3 Å². The largest absolute Gasteiger partial charge is 0.497 e. The van der Waals surface area contributed by atoms with Crippen LogP contribution in [0, 0.1) is 4.64 Å². The summed E-state index contributed by atoms with van der Waals surface area (Å²) in [4.78, 5) is 7.62. The molecule has 0 atom stereocenters. The summed E-state index contributed by atoms with van der Waals surface area (Å²) in [5.41, 5.74) is 3.27. The van der Waals surface area contributed by atoms with Crippen molar-refractivity contribution < 1.29 is 4.74 Å². The van der Waals surface area contributed by atoms with E-state index in [2.05, 4.69) is 35.6 Å². The molecule has 0 aliphatic heterocycles. The van der Waals surface area contributed by atoms with E-state index < -0.39 is 0 Å². The topological polar surface area (TPSA) is 62.8 Å². The Bertz CT molecular complexity index is 927. The molecule has 3 aromatic rings. The number of nitrogens with zero attached hydrogens (tertiary/aromatic N) is 2. The molecular formula is C18H19BrN4OS3. The van der Waals surface area contributed by atoms with Gasteiger partial charge in [0, 0.05) is 41.6 Å².